The highest BCUT2D eigenvalue weighted by Gasteiger charge is 2.14. The molecule has 5 nitrogen and oxygen atoms in total. The molecule has 3 aromatic rings. The van der Waals surface area contributed by atoms with Gasteiger partial charge < -0.3 is 10.1 Å². The number of aryl methyl sites for hydroxylation is 1. The Morgan fingerprint density at radius 3 is 2.79 bits per heavy atom. The van der Waals surface area contributed by atoms with E-state index in [4.69, 9.17) is 4.74 Å². The Kier molecular flexibility index (Phi) is 6.41. The lowest BCUT2D eigenvalue weighted by Crippen LogP contribution is -2.15. The first-order chi connectivity index (χ1) is 13.5. The molecule has 1 amide bonds. The molecule has 0 atom stereocenters. The van der Waals surface area contributed by atoms with E-state index in [9.17, 15) is 4.79 Å². The number of hydrogen-bond acceptors (Lipinski definition) is 4. The minimum Gasteiger partial charge on any atom is -0.495 e. The van der Waals surface area contributed by atoms with Gasteiger partial charge in [-0.3, -0.25) is 9.36 Å². The van der Waals surface area contributed by atoms with E-state index in [0.717, 1.165) is 16.4 Å². The fraction of sp³-hybridized carbons (Fsp3) is 0.273. The number of anilines is 1. The molecule has 0 saturated heterocycles. The van der Waals surface area contributed by atoms with E-state index >= 15 is 0 Å². The van der Waals surface area contributed by atoms with E-state index in [1.54, 1.807) is 13.3 Å². The zero-order valence-electron chi connectivity index (χ0n) is 16.6. The van der Waals surface area contributed by atoms with E-state index < -0.39 is 0 Å². The Hall–Kier alpha value is -2.73. The summed E-state index contributed by atoms with van der Waals surface area (Å²) in [6.45, 7) is 6.32. The van der Waals surface area contributed by atoms with Gasteiger partial charge in [-0.15, -0.1) is 0 Å². The topological polar surface area (TPSA) is 56.1 Å². The molecule has 0 aliphatic carbocycles. The van der Waals surface area contributed by atoms with Crippen LogP contribution in [0, 0.1) is 6.92 Å². The van der Waals surface area contributed by atoms with Crippen LogP contribution in [-0.4, -0.2) is 28.3 Å². The Balaban J connectivity index is 1.73. The third kappa shape index (κ3) is 4.57. The van der Waals surface area contributed by atoms with Crippen LogP contribution in [0.15, 0.2) is 60.0 Å². The summed E-state index contributed by atoms with van der Waals surface area (Å²) in [5, 5.41) is 3.72. The van der Waals surface area contributed by atoms with Crippen molar-refractivity contribution in [3.63, 3.8) is 0 Å². The molecule has 6 heteroatoms. The SMILES string of the molecule is COc1ccc(C)cc1NC(=O)CSc1nccn1-c1ccccc1C(C)C. The van der Waals surface area contributed by atoms with E-state index in [1.165, 1.54) is 17.3 Å². The average Bonchev–Trinajstić information content (AvgIpc) is 3.15. The van der Waals surface area contributed by atoms with Gasteiger partial charge in [0.1, 0.15) is 5.75 Å². The summed E-state index contributed by atoms with van der Waals surface area (Å²) in [5.74, 6) is 1.21. The lowest BCUT2D eigenvalue weighted by atomic mass is 10.0. The number of thioether (sulfide) groups is 1. The van der Waals surface area contributed by atoms with Crippen LogP contribution in [0.25, 0.3) is 5.69 Å². The van der Waals surface area contributed by atoms with Gasteiger partial charge in [0, 0.05) is 12.4 Å². The van der Waals surface area contributed by atoms with Crippen LogP contribution in [0.2, 0.25) is 0 Å². The molecule has 3 rings (SSSR count). The highest BCUT2D eigenvalue weighted by atomic mass is 32.2. The van der Waals surface area contributed by atoms with Gasteiger partial charge in [-0.2, -0.15) is 0 Å². The molecule has 0 radical (unpaired) electrons. The molecule has 0 fully saturated rings. The summed E-state index contributed by atoms with van der Waals surface area (Å²) < 4.78 is 7.37. The number of para-hydroxylation sites is 1. The third-order valence-electron chi connectivity index (χ3n) is 4.39. The van der Waals surface area contributed by atoms with Crippen molar-refractivity contribution < 1.29 is 9.53 Å². The second kappa shape index (κ2) is 8.97. The van der Waals surface area contributed by atoms with Crippen LogP contribution in [-0.2, 0) is 4.79 Å². The van der Waals surface area contributed by atoms with Crippen LogP contribution in [0.5, 0.6) is 5.75 Å². The van der Waals surface area contributed by atoms with Gasteiger partial charge in [0.25, 0.3) is 0 Å². The molecule has 1 heterocycles. The minimum atomic E-state index is -0.0967. The molecule has 2 aromatic carbocycles. The minimum absolute atomic E-state index is 0.0967. The van der Waals surface area contributed by atoms with Gasteiger partial charge in [0.2, 0.25) is 5.91 Å². The molecule has 0 unspecified atom stereocenters. The molecule has 1 N–H and O–H groups in total. The Bertz CT molecular complexity index is 966. The zero-order chi connectivity index (χ0) is 20.1. The summed E-state index contributed by atoms with van der Waals surface area (Å²) >= 11 is 1.41. The van der Waals surface area contributed by atoms with Crippen LogP contribution in [0.3, 0.4) is 0 Å². The number of nitrogens with zero attached hydrogens (tertiary/aromatic N) is 2. The molecule has 0 aliphatic heterocycles. The largest absolute Gasteiger partial charge is 0.495 e. The number of methoxy groups -OCH3 is 1. The van der Waals surface area contributed by atoms with Crippen molar-refractivity contribution in [1.82, 2.24) is 9.55 Å². The standard InChI is InChI=1S/C22H25N3O2S/c1-15(2)17-7-5-6-8-19(17)25-12-11-23-22(25)28-14-21(26)24-18-13-16(3)9-10-20(18)27-4/h5-13,15H,14H2,1-4H3,(H,24,26). The first-order valence-corrected chi connectivity index (χ1v) is 10.2. The molecular weight excluding hydrogens is 370 g/mol. The molecule has 1 aromatic heterocycles. The highest BCUT2D eigenvalue weighted by molar-refractivity contribution is 7.99. The van der Waals surface area contributed by atoms with Crippen molar-refractivity contribution in [3.05, 3.63) is 66.0 Å². The number of hydrogen-bond donors (Lipinski definition) is 1. The molecule has 0 spiro atoms. The normalized spacial score (nSPS) is 10.9. The van der Waals surface area contributed by atoms with E-state index in [-0.39, 0.29) is 11.7 Å². The second-order valence-electron chi connectivity index (χ2n) is 6.83. The third-order valence-corrected chi connectivity index (χ3v) is 5.35. The van der Waals surface area contributed by atoms with Gasteiger partial charge in [0.05, 0.1) is 24.2 Å². The van der Waals surface area contributed by atoms with Crippen LogP contribution >= 0.6 is 11.8 Å². The molecule has 0 saturated carbocycles. The summed E-state index contributed by atoms with van der Waals surface area (Å²) in [5.41, 5.74) is 4.08. The average molecular weight is 396 g/mol. The smallest absolute Gasteiger partial charge is 0.234 e. The Morgan fingerprint density at radius 1 is 1.25 bits per heavy atom. The van der Waals surface area contributed by atoms with Crippen molar-refractivity contribution in [2.75, 3.05) is 18.2 Å². The van der Waals surface area contributed by atoms with Crippen molar-refractivity contribution in [3.8, 4) is 11.4 Å². The maximum atomic E-state index is 12.5. The van der Waals surface area contributed by atoms with Crippen molar-refractivity contribution in [1.29, 1.82) is 0 Å². The quantitative estimate of drug-likeness (QED) is 0.569. The van der Waals surface area contributed by atoms with Crippen molar-refractivity contribution in [2.45, 2.75) is 31.8 Å². The number of carbonyl (C=O) groups excluding carboxylic acids is 1. The molecule has 28 heavy (non-hydrogen) atoms. The number of ether oxygens (including phenoxy) is 1. The number of amides is 1. The number of nitrogens with one attached hydrogen (secondary N) is 1. The molecule has 146 valence electrons. The van der Waals surface area contributed by atoms with Gasteiger partial charge in [-0.1, -0.05) is 49.9 Å². The van der Waals surface area contributed by atoms with Gasteiger partial charge >= 0.3 is 0 Å². The number of benzene rings is 2. The predicted molar refractivity (Wildman–Crippen MR) is 115 cm³/mol. The maximum Gasteiger partial charge on any atom is 0.234 e. The Labute approximate surface area is 170 Å². The fourth-order valence-electron chi connectivity index (χ4n) is 3.01. The number of rotatable bonds is 7. The van der Waals surface area contributed by atoms with Gasteiger partial charge in [0.15, 0.2) is 5.16 Å². The van der Waals surface area contributed by atoms with Gasteiger partial charge in [-0.25, -0.2) is 4.98 Å². The van der Waals surface area contributed by atoms with E-state index in [2.05, 4.69) is 36.3 Å². The maximum absolute atomic E-state index is 12.5. The first-order valence-electron chi connectivity index (χ1n) is 9.19. The van der Waals surface area contributed by atoms with Crippen molar-refractivity contribution >= 4 is 23.4 Å². The van der Waals surface area contributed by atoms with Crippen LogP contribution in [0.4, 0.5) is 5.69 Å². The lowest BCUT2D eigenvalue weighted by molar-refractivity contribution is -0.113. The monoisotopic (exact) mass is 395 g/mol. The van der Waals surface area contributed by atoms with Crippen LogP contribution < -0.4 is 10.1 Å². The Morgan fingerprint density at radius 2 is 2.04 bits per heavy atom. The molecule has 0 aliphatic rings. The second-order valence-corrected chi connectivity index (χ2v) is 7.78. The zero-order valence-corrected chi connectivity index (χ0v) is 17.4. The number of imidazole rings is 1. The lowest BCUT2D eigenvalue weighted by Gasteiger charge is -2.15. The first kappa shape index (κ1) is 20.0. The highest BCUT2D eigenvalue weighted by Crippen LogP contribution is 2.28. The summed E-state index contributed by atoms with van der Waals surface area (Å²) in [6.07, 6.45) is 3.70. The summed E-state index contributed by atoms with van der Waals surface area (Å²) in [7, 11) is 1.60. The molecular formula is C22H25N3O2S. The summed E-state index contributed by atoms with van der Waals surface area (Å²) in [4.78, 5) is 16.9. The van der Waals surface area contributed by atoms with Gasteiger partial charge in [-0.05, 0) is 42.2 Å². The summed E-state index contributed by atoms with van der Waals surface area (Å²) in [6, 6.07) is 14.0. The number of aromatic nitrogens is 2. The van der Waals surface area contributed by atoms with Crippen molar-refractivity contribution in [2.24, 2.45) is 0 Å². The van der Waals surface area contributed by atoms with E-state index in [1.807, 2.05) is 48.0 Å². The fourth-order valence-corrected chi connectivity index (χ4v) is 3.78. The van der Waals surface area contributed by atoms with Crippen LogP contribution in [0.1, 0.15) is 30.9 Å². The molecule has 0 bridgehead atoms. The van der Waals surface area contributed by atoms with E-state index in [0.29, 0.717) is 17.4 Å². The predicted octanol–water partition coefficient (Wildman–Crippen LogP) is 5.04. The number of carbonyl (C=O) groups is 1.